The Morgan fingerprint density at radius 3 is 2.27 bits per heavy atom. The van der Waals surface area contributed by atoms with Gasteiger partial charge in [-0.25, -0.2) is 18.0 Å². The van der Waals surface area contributed by atoms with Crippen molar-refractivity contribution in [1.82, 2.24) is 10.8 Å². The van der Waals surface area contributed by atoms with Gasteiger partial charge in [0.1, 0.15) is 5.75 Å². The number of imide groups is 1. The third-order valence-corrected chi connectivity index (χ3v) is 6.43. The first kappa shape index (κ1) is 27.5. The second-order valence-corrected chi connectivity index (χ2v) is 11.0. The smallest absolute Gasteiger partial charge is 0.452 e. The van der Waals surface area contributed by atoms with Crippen LogP contribution in [0.2, 0.25) is 0 Å². The SMILES string of the molecule is COc1ccc(N2CCC(=O)NC2=O)c(C(=O)NOC(=O)N(c2ccccc2)S(C)(=O)=O)c1C(C)(C)C. The number of methoxy groups -OCH3 is 1. The van der Waals surface area contributed by atoms with Crippen molar-refractivity contribution in [3.63, 3.8) is 0 Å². The fourth-order valence-electron chi connectivity index (χ4n) is 3.91. The zero-order chi connectivity index (χ0) is 27.5. The highest BCUT2D eigenvalue weighted by atomic mass is 32.2. The molecule has 1 aliphatic heterocycles. The van der Waals surface area contributed by atoms with E-state index >= 15 is 0 Å². The van der Waals surface area contributed by atoms with Gasteiger partial charge >= 0.3 is 12.1 Å². The van der Waals surface area contributed by atoms with E-state index in [-0.39, 0.29) is 29.9 Å². The van der Waals surface area contributed by atoms with E-state index in [9.17, 15) is 27.6 Å². The van der Waals surface area contributed by atoms with E-state index < -0.39 is 39.4 Å². The van der Waals surface area contributed by atoms with E-state index in [1.807, 2.05) is 26.3 Å². The first-order chi connectivity index (χ1) is 17.3. The molecule has 5 amide bonds. The molecule has 1 saturated heterocycles. The molecule has 1 fully saturated rings. The van der Waals surface area contributed by atoms with Gasteiger partial charge in [-0.3, -0.25) is 19.8 Å². The normalized spacial score (nSPS) is 14.0. The Kier molecular flexibility index (Phi) is 7.77. The molecule has 0 spiro atoms. The molecule has 0 bridgehead atoms. The molecule has 13 heteroatoms. The summed E-state index contributed by atoms with van der Waals surface area (Å²) in [4.78, 5) is 56.7. The quantitative estimate of drug-likeness (QED) is 0.558. The maximum Gasteiger partial charge on any atom is 0.452 e. The summed E-state index contributed by atoms with van der Waals surface area (Å²) in [5, 5.41) is 2.21. The van der Waals surface area contributed by atoms with E-state index in [1.165, 1.54) is 42.3 Å². The first-order valence-electron chi connectivity index (χ1n) is 11.1. The lowest BCUT2D eigenvalue weighted by Crippen LogP contribution is -2.50. The number of carbonyl (C=O) groups is 4. The maximum atomic E-state index is 13.5. The van der Waals surface area contributed by atoms with Crippen molar-refractivity contribution < 1.29 is 37.2 Å². The Hall–Kier alpha value is -4.13. The van der Waals surface area contributed by atoms with Crippen LogP contribution in [0.4, 0.5) is 21.0 Å². The van der Waals surface area contributed by atoms with Crippen LogP contribution in [0.25, 0.3) is 0 Å². The van der Waals surface area contributed by atoms with Crippen LogP contribution in [0.5, 0.6) is 5.75 Å². The molecule has 1 aliphatic rings. The van der Waals surface area contributed by atoms with Gasteiger partial charge in [0.05, 0.1) is 30.3 Å². The minimum absolute atomic E-state index is 0.0104. The third kappa shape index (κ3) is 6.00. The summed E-state index contributed by atoms with van der Waals surface area (Å²) in [6.07, 6.45) is -0.541. The maximum absolute atomic E-state index is 13.5. The summed E-state index contributed by atoms with van der Waals surface area (Å²) < 4.78 is 30.5. The minimum Gasteiger partial charge on any atom is -0.496 e. The molecule has 1 heterocycles. The van der Waals surface area contributed by atoms with Crippen LogP contribution in [0.1, 0.15) is 43.1 Å². The van der Waals surface area contributed by atoms with Crippen molar-refractivity contribution in [2.45, 2.75) is 32.6 Å². The number of anilines is 2. The zero-order valence-electron chi connectivity index (χ0n) is 21.0. The van der Waals surface area contributed by atoms with Crippen LogP contribution in [-0.4, -0.2) is 52.3 Å². The van der Waals surface area contributed by atoms with Crippen LogP contribution in [0.3, 0.4) is 0 Å². The molecule has 37 heavy (non-hydrogen) atoms. The summed E-state index contributed by atoms with van der Waals surface area (Å²) in [5.74, 6) is -1.05. The third-order valence-electron chi connectivity index (χ3n) is 5.41. The van der Waals surface area contributed by atoms with Crippen molar-refractivity contribution in [2.24, 2.45) is 0 Å². The Morgan fingerprint density at radius 1 is 1.08 bits per heavy atom. The van der Waals surface area contributed by atoms with Crippen LogP contribution >= 0.6 is 0 Å². The molecule has 0 saturated carbocycles. The molecule has 0 atom stereocenters. The van der Waals surface area contributed by atoms with E-state index in [4.69, 9.17) is 9.57 Å². The number of sulfonamides is 1. The number of nitrogens with zero attached hydrogens (tertiary/aromatic N) is 2. The second-order valence-electron chi connectivity index (χ2n) is 9.20. The number of carbonyl (C=O) groups excluding carboxylic acids is 4. The average molecular weight is 533 g/mol. The number of hydrogen-bond acceptors (Lipinski definition) is 8. The highest BCUT2D eigenvalue weighted by Gasteiger charge is 2.35. The van der Waals surface area contributed by atoms with Gasteiger partial charge in [-0.2, -0.15) is 9.79 Å². The number of hydrogen-bond donors (Lipinski definition) is 2. The molecule has 2 N–H and O–H groups in total. The van der Waals surface area contributed by atoms with Crippen molar-refractivity contribution in [3.05, 3.63) is 53.6 Å². The van der Waals surface area contributed by atoms with Gasteiger partial charge in [0.15, 0.2) is 0 Å². The standard InChI is InChI=1S/C24H28N4O8S/c1-24(2,3)20-17(35-4)12-11-16(27-14-13-18(29)25-22(27)31)19(20)21(30)26-36-23(32)28(37(5,33)34)15-9-7-6-8-10-15/h6-12H,13-14H2,1-5H3,(H,26,30)(H,25,29,31). The molecule has 12 nitrogen and oxygen atoms in total. The fraction of sp³-hybridized carbons (Fsp3) is 0.333. The fourth-order valence-corrected chi connectivity index (χ4v) is 4.73. The molecule has 198 valence electrons. The molecule has 3 rings (SSSR count). The number of para-hydroxylation sites is 1. The Bertz CT molecular complexity index is 1340. The van der Waals surface area contributed by atoms with E-state index in [0.717, 1.165) is 6.26 Å². The van der Waals surface area contributed by atoms with Crippen LogP contribution < -0.4 is 24.7 Å². The molecule has 2 aromatic carbocycles. The molecule has 2 aromatic rings. The minimum atomic E-state index is -4.12. The van der Waals surface area contributed by atoms with Gasteiger partial charge in [-0.1, -0.05) is 39.0 Å². The summed E-state index contributed by atoms with van der Waals surface area (Å²) in [5.41, 5.74) is 1.83. The Balaban J connectivity index is 2.02. The highest BCUT2D eigenvalue weighted by Crippen LogP contribution is 2.39. The van der Waals surface area contributed by atoms with Crippen LogP contribution in [0, 0.1) is 0 Å². The molecule has 0 radical (unpaired) electrons. The van der Waals surface area contributed by atoms with Crippen LogP contribution in [-0.2, 0) is 25.1 Å². The van der Waals surface area contributed by atoms with Gasteiger partial charge in [-0.05, 0) is 29.7 Å². The predicted molar refractivity (Wildman–Crippen MR) is 135 cm³/mol. The van der Waals surface area contributed by atoms with Crippen LogP contribution in [0.15, 0.2) is 42.5 Å². The number of ether oxygens (including phenoxy) is 1. The van der Waals surface area contributed by atoms with Gasteiger partial charge in [0.2, 0.25) is 15.9 Å². The van der Waals surface area contributed by atoms with E-state index in [0.29, 0.717) is 15.6 Å². The van der Waals surface area contributed by atoms with Gasteiger partial charge in [0.25, 0.3) is 5.91 Å². The Labute approximate surface area is 214 Å². The van der Waals surface area contributed by atoms with Gasteiger partial charge in [-0.15, -0.1) is 0 Å². The lowest BCUT2D eigenvalue weighted by molar-refractivity contribution is -0.120. The lowest BCUT2D eigenvalue weighted by Gasteiger charge is -2.32. The van der Waals surface area contributed by atoms with E-state index in [1.54, 1.807) is 12.1 Å². The average Bonchev–Trinajstić information content (AvgIpc) is 2.81. The predicted octanol–water partition coefficient (Wildman–Crippen LogP) is 2.69. The molecule has 0 unspecified atom stereocenters. The number of urea groups is 1. The number of amides is 5. The first-order valence-corrected chi connectivity index (χ1v) is 13.0. The summed E-state index contributed by atoms with van der Waals surface area (Å²) in [7, 11) is -2.70. The lowest BCUT2D eigenvalue weighted by atomic mass is 9.81. The second kappa shape index (κ2) is 10.5. The van der Waals surface area contributed by atoms with Crippen molar-refractivity contribution in [1.29, 1.82) is 0 Å². The number of benzene rings is 2. The molecule has 0 aromatic heterocycles. The van der Waals surface area contributed by atoms with E-state index in [2.05, 4.69) is 5.32 Å². The number of hydroxylamine groups is 1. The summed E-state index contributed by atoms with van der Waals surface area (Å²) in [6, 6.07) is 9.82. The summed E-state index contributed by atoms with van der Waals surface area (Å²) >= 11 is 0. The van der Waals surface area contributed by atoms with Gasteiger partial charge < -0.3 is 9.57 Å². The van der Waals surface area contributed by atoms with Crippen molar-refractivity contribution in [2.75, 3.05) is 29.1 Å². The number of nitrogens with one attached hydrogen (secondary N) is 2. The summed E-state index contributed by atoms with van der Waals surface area (Å²) in [6.45, 7) is 5.46. The number of rotatable bonds is 5. The van der Waals surface area contributed by atoms with Crippen molar-refractivity contribution >= 4 is 45.3 Å². The van der Waals surface area contributed by atoms with Gasteiger partial charge in [0, 0.05) is 18.5 Å². The highest BCUT2D eigenvalue weighted by molar-refractivity contribution is 7.92. The largest absolute Gasteiger partial charge is 0.496 e. The zero-order valence-corrected chi connectivity index (χ0v) is 21.8. The monoisotopic (exact) mass is 532 g/mol. The molecular formula is C24H28N4O8S. The molecular weight excluding hydrogens is 504 g/mol. The van der Waals surface area contributed by atoms with Crippen molar-refractivity contribution in [3.8, 4) is 5.75 Å². The topological polar surface area (TPSA) is 151 Å². The molecule has 0 aliphatic carbocycles. The Morgan fingerprint density at radius 2 is 1.73 bits per heavy atom.